The summed E-state index contributed by atoms with van der Waals surface area (Å²) in [6.07, 6.45) is 1.59. The molecule has 0 spiro atoms. The van der Waals surface area contributed by atoms with Crippen molar-refractivity contribution in [1.29, 1.82) is 5.26 Å². The Balaban J connectivity index is 2.57. The molecule has 0 heterocycles. The van der Waals surface area contributed by atoms with Gasteiger partial charge in [-0.05, 0) is 25.6 Å². The van der Waals surface area contributed by atoms with E-state index < -0.39 is 0 Å². The number of benzene rings is 1. The van der Waals surface area contributed by atoms with Crippen LogP contribution in [-0.4, -0.2) is 31.6 Å². The summed E-state index contributed by atoms with van der Waals surface area (Å²) in [6.45, 7) is 0.760. The Kier molecular flexibility index (Phi) is 6.62. The van der Waals surface area contributed by atoms with Crippen molar-refractivity contribution in [3.05, 3.63) is 35.9 Å². The van der Waals surface area contributed by atoms with E-state index in [4.69, 9.17) is 5.26 Å². The molecule has 1 aromatic rings. The van der Waals surface area contributed by atoms with E-state index in [1.54, 1.807) is 0 Å². The Morgan fingerprint density at radius 1 is 1.42 bits per heavy atom. The molecule has 0 N–H and O–H groups in total. The van der Waals surface area contributed by atoms with E-state index in [2.05, 4.69) is 15.7 Å². The molecule has 4 nitrogen and oxygen atoms in total. The Morgan fingerprint density at radius 2 is 2.11 bits per heavy atom. The van der Waals surface area contributed by atoms with Crippen molar-refractivity contribution in [3.8, 4) is 6.07 Å². The first-order valence-electron chi connectivity index (χ1n) is 6.38. The number of nitriles is 1. The van der Waals surface area contributed by atoms with Gasteiger partial charge in [-0.2, -0.15) is 5.26 Å². The molecule has 0 amide bonds. The third-order valence-electron chi connectivity index (χ3n) is 3.12. The van der Waals surface area contributed by atoms with Crippen LogP contribution < -0.4 is 0 Å². The molecule has 19 heavy (non-hydrogen) atoms. The summed E-state index contributed by atoms with van der Waals surface area (Å²) >= 11 is 0. The van der Waals surface area contributed by atoms with Gasteiger partial charge in [-0.3, -0.25) is 9.69 Å². The number of rotatable bonds is 7. The Bertz CT molecular complexity index is 426. The van der Waals surface area contributed by atoms with E-state index in [0.29, 0.717) is 12.8 Å². The predicted molar refractivity (Wildman–Crippen MR) is 73.3 cm³/mol. The quantitative estimate of drug-likeness (QED) is 0.707. The van der Waals surface area contributed by atoms with Crippen molar-refractivity contribution in [3.63, 3.8) is 0 Å². The maximum absolute atomic E-state index is 11.1. The second-order valence-electron chi connectivity index (χ2n) is 4.45. The van der Waals surface area contributed by atoms with Gasteiger partial charge in [0, 0.05) is 12.5 Å². The summed E-state index contributed by atoms with van der Waals surface area (Å²) in [5.41, 5.74) is 1.13. The summed E-state index contributed by atoms with van der Waals surface area (Å²) in [5, 5.41) is 8.95. The van der Waals surface area contributed by atoms with Crippen molar-refractivity contribution >= 4 is 5.97 Å². The van der Waals surface area contributed by atoms with Crippen LogP contribution in [0.5, 0.6) is 0 Å². The van der Waals surface area contributed by atoms with Crippen molar-refractivity contribution < 1.29 is 9.53 Å². The molecule has 0 aromatic heterocycles. The maximum Gasteiger partial charge on any atom is 0.305 e. The highest BCUT2D eigenvalue weighted by atomic mass is 16.5. The molecule has 0 fully saturated rings. The fraction of sp³-hybridized carbons (Fsp3) is 0.467. The molecule has 1 unspecified atom stereocenters. The summed E-state index contributed by atoms with van der Waals surface area (Å²) < 4.78 is 4.61. The summed E-state index contributed by atoms with van der Waals surface area (Å²) in [6, 6.07) is 12.3. The first-order chi connectivity index (χ1) is 9.19. The van der Waals surface area contributed by atoms with Gasteiger partial charge in [0.15, 0.2) is 0 Å². The highest BCUT2D eigenvalue weighted by Gasteiger charge is 2.16. The van der Waals surface area contributed by atoms with E-state index in [1.165, 1.54) is 7.11 Å². The van der Waals surface area contributed by atoms with Gasteiger partial charge in [-0.15, -0.1) is 0 Å². The Hall–Kier alpha value is -1.86. The van der Waals surface area contributed by atoms with E-state index >= 15 is 0 Å². The van der Waals surface area contributed by atoms with Crippen molar-refractivity contribution in [2.45, 2.75) is 25.3 Å². The van der Waals surface area contributed by atoms with Gasteiger partial charge in [0.1, 0.15) is 0 Å². The molecule has 0 aliphatic carbocycles. The zero-order valence-corrected chi connectivity index (χ0v) is 11.5. The van der Waals surface area contributed by atoms with Crippen LogP contribution in [0.25, 0.3) is 0 Å². The number of methoxy groups -OCH3 is 1. The molecule has 4 heteroatoms. The standard InChI is InChI=1S/C15H20N2O2/c1-17(12-6-9-15(18)19-2)14(10-11-16)13-7-4-3-5-8-13/h3-5,7-8,14H,6,9-10,12H2,1-2H3. The van der Waals surface area contributed by atoms with Crippen LogP contribution in [-0.2, 0) is 9.53 Å². The second kappa shape index (κ2) is 8.28. The molecular formula is C15H20N2O2. The molecule has 1 aromatic carbocycles. The molecule has 0 aliphatic heterocycles. The third kappa shape index (κ3) is 5.11. The van der Waals surface area contributed by atoms with Crippen LogP contribution in [0.15, 0.2) is 30.3 Å². The molecular weight excluding hydrogens is 240 g/mol. The predicted octanol–water partition coefficient (Wildman–Crippen LogP) is 2.53. The molecule has 0 saturated carbocycles. The zero-order chi connectivity index (χ0) is 14.1. The minimum absolute atomic E-state index is 0.0730. The Labute approximate surface area is 114 Å². The summed E-state index contributed by atoms with van der Waals surface area (Å²) in [4.78, 5) is 13.2. The number of nitrogens with zero attached hydrogens (tertiary/aromatic N) is 2. The monoisotopic (exact) mass is 260 g/mol. The topological polar surface area (TPSA) is 53.3 Å². The average molecular weight is 260 g/mol. The normalized spacial score (nSPS) is 11.9. The first-order valence-corrected chi connectivity index (χ1v) is 6.38. The maximum atomic E-state index is 11.1. The lowest BCUT2D eigenvalue weighted by Gasteiger charge is -2.26. The van der Waals surface area contributed by atoms with Crippen molar-refractivity contribution in [1.82, 2.24) is 4.90 Å². The van der Waals surface area contributed by atoms with Gasteiger partial charge in [0.05, 0.1) is 19.6 Å². The van der Waals surface area contributed by atoms with Crippen LogP contribution in [0, 0.1) is 11.3 Å². The van der Waals surface area contributed by atoms with E-state index in [-0.39, 0.29) is 12.0 Å². The van der Waals surface area contributed by atoms with Crippen LogP contribution >= 0.6 is 0 Å². The Morgan fingerprint density at radius 3 is 2.68 bits per heavy atom. The average Bonchev–Trinajstić information content (AvgIpc) is 2.45. The first kappa shape index (κ1) is 15.2. The van der Waals surface area contributed by atoms with E-state index in [9.17, 15) is 4.79 Å². The van der Waals surface area contributed by atoms with Crippen LogP contribution in [0.2, 0.25) is 0 Å². The second-order valence-corrected chi connectivity index (χ2v) is 4.45. The minimum atomic E-state index is -0.190. The molecule has 102 valence electrons. The number of esters is 1. The highest BCUT2D eigenvalue weighted by Crippen LogP contribution is 2.22. The number of ether oxygens (including phenoxy) is 1. The van der Waals surface area contributed by atoms with Gasteiger partial charge in [0.25, 0.3) is 0 Å². The summed E-state index contributed by atoms with van der Waals surface area (Å²) in [7, 11) is 3.38. The van der Waals surface area contributed by atoms with Gasteiger partial charge in [0.2, 0.25) is 0 Å². The van der Waals surface area contributed by atoms with Gasteiger partial charge < -0.3 is 4.74 Å². The zero-order valence-electron chi connectivity index (χ0n) is 11.5. The van der Waals surface area contributed by atoms with E-state index in [0.717, 1.165) is 18.5 Å². The highest BCUT2D eigenvalue weighted by molar-refractivity contribution is 5.69. The smallest absolute Gasteiger partial charge is 0.305 e. The SMILES string of the molecule is COC(=O)CCCN(C)C(CC#N)c1ccccc1. The summed E-state index contributed by atoms with van der Waals surface area (Å²) in [5.74, 6) is -0.190. The van der Waals surface area contributed by atoms with Crippen molar-refractivity contribution in [2.75, 3.05) is 20.7 Å². The fourth-order valence-corrected chi connectivity index (χ4v) is 2.02. The fourth-order valence-electron chi connectivity index (χ4n) is 2.02. The molecule has 0 saturated heterocycles. The minimum Gasteiger partial charge on any atom is -0.469 e. The lowest BCUT2D eigenvalue weighted by molar-refractivity contribution is -0.140. The van der Waals surface area contributed by atoms with E-state index in [1.807, 2.05) is 37.4 Å². The van der Waals surface area contributed by atoms with Crippen molar-refractivity contribution in [2.24, 2.45) is 0 Å². The van der Waals surface area contributed by atoms with Crippen LogP contribution in [0.4, 0.5) is 0 Å². The molecule has 1 rings (SSSR count). The number of hydrogen-bond acceptors (Lipinski definition) is 4. The number of hydrogen-bond donors (Lipinski definition) is 0. The molecule has 0 radical (unpaired) electrons. The molecule has 1 atom stereocenters. The van der Waals surface area contributed by atoms with Gasteiger partial charge in [-0.1, -0.05) is 30.3 Å². The lowest BCUT2D eigenvalue weighted by Crippen LogP contribution is -2.26. The lowest BCUT2D eigenvalue weighted by atomic mass is 10.0. The molecule has 0 aliphatic rings. The number of carbonyl (C=O) groups excluding carboxylic acids is 1. The largest absolute Gasteiger partial charge is 0.469 e. The van der Waals surface area contributed by atoms with Gasteiger partial charge in [-0.25, -0.2) is 0 Å². The van der Waals surface area contributed by atoms with Gasteiger partial charge >= 0.3 is 5.97 Å². The molecule has 0 bridgehead atoms. The third-order valence-corrected chi connectivity index (χ3v) is 3.12. The van der Waals surface area contributed by atoms with Crippen LogP contribution in [0.3, 0.4) is 0 Å². The number of carbonyl (C=O) groups is 1. The van der Waals surface area contributed by atoms with Crippen LogP contribution in [0.1, 0.15) is 30.9 Å².